The summed E-state index contributed by atoms with van der Waals surface area (Å²) >= 11 is 0. The molecule has 3 aromatic rings. The molecule has 0 bridgehead atoms. The van der Waals surface area contributed by atoms with Crippen LogP contribution in [0.2, 0.25) is 0 Å². The average molecular weight is 339 g/mol. The highest BCUT2D eigenvalue weighted by Crippen LogP contribution is 2.28. The van der Waals surface area contributed by atoms with Crippen LogP contribution in [0.3, 0.4) is 0 Å². The number of aromatic nitrogens is 1. The Morgan fingerprint density at radius 2 is 1.72 bits per heavy atom. The zero-order chi connectivity index (χ0) is 18.0. The highest BCUT2D eigenvalue weighted by Gasteiger charge is 2.22. The van der Waals surface area contributed by atoms with Gasteiger partial charge < -0.3 is 19.9 Å². The molecule has 0 atom stereocenters. The molecular weight excluding hydrogens is 322 g/mol. The largest absolute Gasteiger partial charge is 0.478 e. The minimum atomic E-state index is -1.07. The number of carboxylic acids is 2. The Morgan fingerprint density at radius 3 is 2.40 bits per heavy atom. The number of para-hydroxylation sites is 1. The first-order chi connectivity index (χ1) is 12.0. The van der Waals surface area contributed by atoms with Gasteiger partial charge in [0.25, 0.3) is 0 Å². The van der Waals surface area contributed by atoms with Crippen LogP contribution in [-0.2, 0) is 13.0 Å². The lowest BCUT2D eigenvalue weighted by molar-refractivity contribution is 0.0677. The minimum absolute atomic E-state index is 0.121. The van der Waals surface area contributed by atoms with Crippen molar-refractivity contribution in [3.63, 3.8) is 0 Å². The predicted octanol–water partition coefficient (Wildman–Crippen LogP) is 2.62. The third-order valence-electron chi connectivity index (χ3n) is 4.15. The summed E-state index contributed by atoms with van der Waals surface area (Å²) in [5, 5.41) is 28.9. The van der Waals surface area contributed by atoms with Crippen molar-refractivity contribution in [2.45, 2.75) is 13.0 Å². The molecule has 2 aromatic carbocycles. The molecule has 6 nitrogen and oxygen atoms in total. The van der Waals surface area contributed by atoms with Crippen molar-refractivity contribution in [1.82, 2.24) is 4.57 Å². The maximum Gasteiger partial charge on any atom is 0.352 e. The number of hydrogen-bond donors (Lipinski definition) is 3. The van der Waals surface area contributed by atoms with E-state index in [9.17, 15) is 19.8 Å². The van der Waals surface area contributed by atoms with Gasteiger partial charge in [-0.05, 0) is 35.7 Å². The molecule has 0 aliphatic rings. The Hall–Kier alpha value is -3.12. The molecule has 1 aromatic heterocycles. The van der Waals surface area contributed by atoms with E-state index in [1.54, 1.807) is 16.7 Å². The Kier molecular flexibility index (Phi) is 4.54. The van der Waals surface area contributed by atoms with Crippen LogP contribution in [0.4, 0.5) is 0 Å². The monoisotopic (exact) mass is 339 g/mol. The summed E-state index contributed by atoms with van der Waals surface area (Å²) in [5.74, 6) is -2.10. The maximum absolute atomic E-state index is 11.9. The van der Waals surface area contributed by atoms with E-state index >= 15 is 0 Å². The van der Waals surface area contributed by atoms with Gasteiger partial charge in [-0.15, -0.1) is 0 Å². The number of aliphatic hydroxyl groups is 1. The topological polar surface area (TPSA) is 99.8 Å². The van der Waals surface area contributed by atoms with Gasteiger partial charge in [0, 0.05) is 24.1 Å². The Morgan fingerprint density at radius 1 is 0.960 bits per heavy atom. The summed E-state index contributed by atoms with van der Waals surface area (Å²) in [7, 11) is 0. The SMILES string of the molecule is O=C(O)c1cccc(Cn2c(C(=O)O)c(CCO)c3ccccc32)c1. The Balaban J connectivity index is 2.18. The zero-order valence-electron chi connectivity index (χ0n) is 13.3. The first-order valence-electron chi connectivity index (χ1n) is 7.79. The second kappa shape index (κ2) is 6.78. The number of nitrogens with zero attached hydrogens (tertiary/aromatic N) is 1. The van der Waals surface area contributed by atoms with Gasteiger partial charge in [0.15, 0.2) is 0 Å². The molecule has 0 aliphatic heterocycles. The van der Waals surface area contributed by atoms with Crippen molar-refractivity contribution in [3.8, 4) is 0 Å². The molecule has 0 amide bonds. The van der Waals surface area contributed by atoms with Crippen molar-refractivity contribution < 1.29 is 24.9 Å². The van der Waals surface area contributed by atoms with Crippen LogP contribution in [0, 0.1) is 0 Å². The highest BCUT2D eigenvalue weighted by atomic mass is 16.4. The van der Waals surface area contributed by atoms with Crippen molar-refractivity contribution in [2.75, 3.05) is 6.61 Å². The molecule has 0 fully saturated rings. The van der Waals surface area contributed by atoms with Crippen LogP contribution in [0.1, 0.15) is 32.0 Å². The van der Waals surface area contributed by atoms with Gasteiger partial charge in [0.05, 0.1) is 5.56 Å². The molecule has 25 heavy (non-hydrogen) atoms. The van der Waals surface area contributed by atoms with Crippen LogP contribution < -0.4 is 0 Å². The summed E-state index contributed by atoms with van der Waals surface area (Å²) in [5.41, 5.74) is 2.29. The molecule has 3 rings (SSSR count). The van der Waals surface area contributed by atoms with Gasteiger partial charge in [-0.1, -0.05) is 30.3 Å². The van der Waals surface area contributed by atoms with Gasteiger partial charge in [-0.2, -0.15) is 0 Å². The van der Waals surface area contributed by atoms with Crippen LogP contribution >= 0.6 is 0 Å². The molecular formula is C19H17NO5. The summed E-state index contributed by atoms with van der Waals surface area (Å²) < 4.78 is 1.66. The molecule has 0 saturated heterocycles. The minimum Gasteiger partial charge on any atom is -0.478 e. The molecule has 128 valence electrons. The summed E-state index contributed by atoms with van der Waals surface area (Å²) in [6, 6.07) is 13.7. The van der Waals surface area contributed by atoms with Crippen LogP contribution in [-0.4, -0.2) is 38.4 Å². The van der Waals surface area contributed by atoms with Crippen molar-refractivity contribution >= 4 is 22.8 Å². The van der Waals surface area contributed by atoms with E-state index in [2.05, 4.69) is 0 Å². The van der Waals surface area contributed by atoms with Crippen molar-refractivity contribution in [2.24, 2.45) is 0 Å². The van der Waals surface area contributed by atoms with E-state index in [4.69, 9.17) is 5.11 Å². The fourth-order valence-corrected chi connectivity index (χ4v) is 3.13. The van der Waals surface area contributed by atoms with Crippen molar-refractivity contribution in [3.05, 3.63) is 70.9 Å². The van der Waals surface area contributed by atoms with E-state index in [1.165, 1.54) is 12.1 Å². The summed E-state index contributed by atoms with van der Waals surface area (Å²) in [6.45, 7) is 0.0808. The van der Waals surface area contributed by atoms with Crippen LogP contribution in [0.5, 0.6) is 0 Å². The number of benzene rings is 2. The number of hydrogen-bond acceptors (Lipinski definition) is 3. The number of carbonyl (C=O) groups is 2. The highest BCUT2D eigenvalue weighted by molar-refractivity contribution is 5.98. The molecule has 6 heteroatoms. The van der Waals surface area contributed by atoms with E-state index < -0.39 is 11.9 Å². The summed E-state index contributed by atoms with van der Waals surface area (Å²) in [4.78, 5) is 23.0. The van der Waals surface area contributed by atoms with Crippen LogP contribution in [0.25, 0.3) is 10.9 Å². The first-order valence-corrected chi connectivity index (χ1v) is 7.79. The van der Waals surface area contributed by atoms with Gasteiger partial charge in [-0.3, -0.25) is 0 Å². The number of rotatable bonds is 6. The van der Waals surface area contributed by atoms with Gasteiger partial charge in [0.2, 0.25) is 0 Å². The average Bonchev–Trinajstić information content (AvgIpc) is 2.90. The van der Waals surface area contributed by atoms with Crippen LogP contribution in [0.15, 0.2) is 48.5 Å². The Labute approximate surface area is 143 Å². The van der Waals surface area contributed by atoms with Gasteiger partial charge in [0.1, 0.15) is 5.69 Å². The Bertz CT molecular complexity index is 958. The van der Waals surface area contributed by atoms with E-state index in [-0.39, 0.29) is 30.8 Å². The third-order valence-corrected chi connectivity index (χ3v) is 4.15. The standard InChI is InChI=1S/C19H17NO5/c21-9-8-15-14-6-1-2-7-16(14)20(17(15)19(24)25)11-12-4-3-5-13(10-12)18(22)23/h1-7,10,21H,8-9,11H2,(H,22,23)(H,24,25). The summed E-state index contributed by atoms with van der Waals surface area (Å²) in [6.07, 6.45) is 0.240. The van der Waals surface area contributed by atoms with Gasteiger partial charge >= 0.3 is 11.9 Å². The quantitative estimate of drug-likeness (QED) is 0.641. The second-order valence-corrected chi connectivity index (χ2v) is 5.71. The molecule has 0 aliphatic carbocycles. The number of fused-ring (bicyclic) bond motifs is 1. The van der Waals surface area contributed by atoms with Crippen molar-refractivity contribution in [1.29, 1.82) is 0 Å². The molecule has 0 radical (unpaired) electrons. The maximum atomic E-state index is 11.9. The fourth-order valence-electron chi connectivity index (χ4n) is 3.13. The first kappa shape index (κ1) is 16.7. The number of aliphatic hydroxyl groups excluding tert-OH is 1. The lowest BCUT2D eigenvalue weighted by Gasteiger charge is -2.10. The van der Waals surface area contributed by atoms with E-state index in [1.807, 2.05) is 24.3 Å². The molecule has 0 unspecified atom stereocenters. The third kappa shape index (κ3) is 3.12. The smallest absolute Gasteiger partial charge is 0.352 e. The number of carboxylic acid groups (broad SMARTS) is 2. The zero-order valence-corrected chi connectivity index (χ0v) is 13.3. The molecule has 0 spiro atoms. The molecule has 1 heterocycles. The lowest BCUT2D eigenvalue weighted by Crippen LogP contribution is -2.12. The molecule has 3 N–H and O–H groups in total. The normalized spacial score (nSPS) is 10.9. The predicted molar refractivity (Wildman–Crippen MR) is 92.2 cm³/mol. The number of aromatic carboxylic acids is 2. The fraction of sp³-hybridized carbons (Fsp3) is 0.158. The molecule has 0 saturated carbocycles. The second-order valence-electron chi connectivity index (χ2n) is 5.71. The lowest BCUT2D eigenvalue weighted by atomic mass is 10.1. The van der Waals surface area contributed by atoms with Gasteiger partial charge in [-0.25, -0.2) is 9.59 Å². The van der Waals surface area contributed by atoms with E-state index in [0.717, 1.165) is 10.9 Å². The van der Waals surface area contributed by atoms with E-state index in [0.29, 0.717) is 11.1 Å².